The monoisotopic (exact) mass is 268 g/mol. The van der Waals surface area contributed by atoms with Crippen LogP contribution in [-0.4, -0.2) is 14.0 Å². The minimum atomic E-state index is -3.45. The molecule has 2 rings (SSSR count). The molecule has 1 aromatic rings. The second-order valence-corrected chi connectivity index (χ2v) is 6.97. The van der Waals surface area contributed by atoms with Crippen LogP contribution in [0.5, 0.6) is 0 Å². The fourth-order valence-corrected chi connectivity index (χ4v) is 4.01. The molecule has 1 saturated carbocycles. The van der Waals surface area contributed by atoms with Gasteiger partial charge in [0.25, 0.3) is 0 Å². The van der Waals surface area contributed by atoms with Gasteiger partial charge in [0.05, 0.1) is 4.90 Å². The van der Waals surface area contributed by atoms with E-state index in [1.165, 1.54) is 0 Å². The topological polar surface area (TPSA) is 72.2 Å². The predicted molar refractivity (Wildman–Crippen MR) is 71.6 cm³/mol. The first-order valence-corrected chi connectivity index (χ1v) is 7.68. The third kappa shape index (κ3) is 2.58. The van der Waals surface area contributed by atoms with E-state index < -0.39 is 10.0 Å². The Bertz CT molecular complexity index is 548. The molecule has 18 heavy (non-hydrogen) atoms. The van der Waals surface area contributed by atoms with Crippen LogP contribution in [0.3, 0.4) is 0 Å². The van der Waals surface area contributed by atoms with Gasteiger partial charge in [0.2, 0.25) is 10.0 Å². The zero-order valence-corrected chi connectivity index (χ0v) is 11.7. The second-order valence-electron chi connectivity index (χ2n) is 5.32. The number of rotatable bonds is 4. The summed E-state index contributed by atoms with van der Waals surface area (Å²) < 4.78 is 27.6. The van der Waals surface area contributed by atoms with Gasteiger partial charge in [-0.2, -0.15) is 0 Å². The molecule has 0 spiro atoms. The fourth-order valence-electron chi connectivity index (χ4n) is 2.25. The first-order valence-electron chi connectivity index (χ1n) is 6.20. The zero-order chi connectivity index (χ0) is 13.4. The maximum absolute atomic E-state index is 12.4. The number of sulfonamides is 1. The summed E-state index contributed by atoms with van der Waals surface area (Å²) in [6, 6.07) is 5.33. The molecule has 1 fully saturated rings. The Morgan fingerprint density at radius 3 is 2.56 bits per heavy atom. The highest BCUT2D eigenvalue weighted by molar-refractivity contribution is 7.89. The van der Waals surface area contributed by atoms with Crippen LogP contribution in [0.25, 0.3) is 0 Å². The van der Waals surface area contributed by atoms with Gasteiger partial charge in [0, 0.05) is 12.1 Å². The maximum Gasteiger partial charge on any atom is 0.241 e. The molecule has 100 valence electrons. The molecular weight excluding hydrogens is 248 g/mol. The molecule has 0 bridgehead atoms. The minimum absolute atomic E-state index is 0.274. The number of nitrogens with one attached hydrogen (secondary N) is 1. The Morgan fingerprint density at radius 1 is 1.39 bits per heavy atom. The summed E-state index contributed by atoms with van der Waals surface area (Å²) in [7, 11) is -3.45. The molecule has 0 saturated heterocycles. The van der Waals surface area contributed by atoms with Gasteiger partial charge in [-0.25, -0.2) is 13.1 Å². The summed E-state index contributed by atoms with van der Waals surface area (Å²) in [5.74, 6) is 0. The van der Waals surface area contributed by atoms with E-state index >= 15 is 0 Å². The summed E-state index contributed by atoms with van der Waals surface area (Å²) in [6.45, 7) is 4.11. The van der Waals surface area contributed by atoms with E-state index in [0.29, 0.717) is 11.4 Å². The number of hydrogen-bond acceptors (Lipinski definition) is 3. The lowest BCUT2D eigenvalue weighted by molar-refractivity contribution is 0.248. The van der Waals surface area contributed by atoms with Crippen molar-refractivity contribution in [2.45, 2.75) is 50.1 Å². The van der Waals surface area contributed by atoms with Crippen molar-refractivity contribution < 1.29 is 8.42 Å². The van der Waals surface area contributed by atoms with Gasteiger partial charge >= 0.3 is 0 Å². The highest BCUT2D eigenvalue weighted by atomic mass is 32.2. The van der Waals surface area contributed by atoms with Crippen LogP contribution in [0, 0.1) is 6.92 Å². The molecule has 5 heteroatoms. The van der Waals surface area contributed by atoms with Crippen LogP contribution in [0.4, 0.5) is 0 Å². The predicted octanol–water partition coefficient (Wildman–Crippen LogP) is 1.67. The fraction of sp³-hybridized carbons (Fsp3) is 0.538. The summed E-state index contributed by atoms with van der Waals surface area (Å²) in [5.41, 5.74) is 6.87. The number of hydrogen-bond donors (Lipinski definition) is 2. The Morgan fingerprint density at radius 2 is 2.06 bits per heavy atom. The lowest BCUT2D eigenvalue weighted by atomic mass is 9.80. The standard InChI is InChI=1S/C13H20N2O2S/c1-10-4-5-11(9-14)8-12(10)18(16,17)15-13(2)6-3-7-13/h4-5,8,15H,3,6-7,9,14H2,1-2H3. The molecule has 1 aliphatic carbocycles. The van der Waals surface area contributed by atoms with Crippen LogP contribution in [0.15, 0.2) is 23.1 Å². The highest BCUT2D eigenvalue weighted by Crippen LogP contribution is 2.33. The summed E-state index contributed by atoms with van der Waals surface area (Å²) >= 11 is 0. The molecule has 1 aromatic carbocycles. The highest BCUT2D eigenvalue weighted by Gasteiger charge is 2.36. The van der Waals surface area contributed by atoms with E-state index in [-0.39, 0.29) is 5.54 Å². The number of aryl methyl sites for hydroxylation is 1. The Labute approximate surface area is 109 Å². The molecule has 0 aromatic heterocycles. The van der Waals surface area contributed by atoms with E-state index in [1.54, 1.807) is 19.1 Å². The van der Waals surface area contributed by atoms with Gasteiger partial charge in [0.1, 0.15) is 0 Å². The molecule has 1 aliphatic rings. The van der Waals surface area contributed by atoms with Gasteiger partial charge in [-0.15, -0.1) is 0 Å². The van der Waals surface area contributed by atoms with Crippen molar-refractivity contribution in [2.24, 2.45) is 5.73 Å². The quantitative estimate of drug-likeness (QED) is 0.872. The maximum atomic E-state index is 12.4. The first kappa shape index (κ1) is 13.5. The van der Waals surface area contributed by atoms with Crippen molar-refractivity contribution in [2.75, 3.05) is 0 Å². The van der Waals surface area contributed by atoms with Gasteiger partial charge in [-0.3, -0.25) is 0 Å². The molecule has 0 radical (unpaired) electrons. The zero-order valence-electron chi connectivity index (χ0n) is 10.9. The molecule has 0 heterocycles. The second kappa shape index (κ2) is 4.64. The molecule has 0 unspecified atom stereocenters. The smallest absolute Gasteiger partial charge is 0.241 e. The van der Waals surface area contributed by atoms with E-state index in [1.807, 2.05) is 13.0 Å². The van der Waals surface area contributed by atoms with E-state index in [2.05, 4.69) is 4.72 Å². The largest absolute Gasteiger partial charge is 0.326 e. The Kier molecular flexibility index (Phi) is 3.49. The normalized spacial score (nSPS) is 18.4. The average molecular weight is 268 g/mol. The van der Waals surface area contributed by atoms with Crippen molar-refractivity contribution >= 4 is 10.0 Å². The number of nitrogens with two attached hydrogens (primary N) is 1. The van der Waals surface area contributed by atoms with Crippen LogP contribution >= 0.6 is 0 Å². The van der Waals surface area contributed by atoms with Crippen molar-refractivity contribution in [3.8, 4) is 0 Å². The molecule has 0 aliphatic heterocycles. The lowest BCUT2D eigenvalue weighted by Gasteiger charge is -2.38. The third-order valence-electron chi connectivity index (χ3n) is 3.62. The van der Waals surface area contributed by atoms with Crippen molar-refractivity contribution in [3.63, 3.8) is 0 Å². The van der Waals surface area contributed by atoms with Crippen LogP contribution in [0.2, 0.25) is 0 Å². The summed E-state index contributed by atoms with van der Waals surface area (Å²) in [5, 5.41) is 0. The van der Waals surface area contributed by atoms with Gasteiger partial charge in [-0.1, -0.05) is 12.1 Å². The van der Waals surface area contributed by atoms with E-state index in [4.69, 9.17) is 5.73 Å². The molecule has 0 amide bonds. The van der Waals surface area contributed by atoms with Crippen LogP contribution < -0.4 is 10.5 Å². The van der Waals surface area contributed by atoms with E-state index in [9.17, 15) is 8.42 Å². The van der Waals surface area contributed by atoms with Crippen LogP contribution in [-0.2, 0) is 16.6 Å². The van der Waals surface area contributed by atoms with Crippen LogP contribution in [0.1, 0.15) is 37.3 Å². The van der Waals surface area contributed by atoms with Crippen molar-refractivity contribution in [1.29, 1.82) is 0 Å². The SMILES string of the molecule is Cc1ccc(CN)cc1S(=O)(=O)NC1(C)CCC1. The molecule has 0 atom stereocenters. The molecular formula is C13H20N2O2S. The minimum Gasteiger partial charge on any atom is -0.326 e. The average Bonchev–Trinajstić information content (AvgIpc) is 2.27. The van der Waals surface area contributed by atoms with E-state index in [0.717, 1.165) is 30.4 Å². The van der Waals surface area contributed by atoms with Gasteiger partial charge in [0.15, 0.2) is 0 Å². The van der Waals surface area contributed by atoms with Gasteiger partial charge in [-0.05, 0) is 50.3 Å². The summed E-state index contributed by atoms with van der Waals surface area (Å²) in [4.78, 5) is 0.346. The molecule has 4 nitrogen and oxygen atoms in total. The van der Waals surface area contributed by atoms with Crippen molar-refractivity contribution in [3.05, 3.63) is 29.3 Å². The Balaban J connectivity index is 2.34. The summed E-state index contributed by atoms with van der Waals surface area (Å²) in [6.07, 6.45) is 2.89. The molecule has 3 N–H and O–H groups in total. The third-order valence-corrected chi connectivity index (χ3v) is 5.40. The lowest BCUT2D eigenvalue weighted by Crippen LogP contribution is -2.50. The number of benzene rings is 1. The first-order chi connectivity index (χ1) is 8.36. The Hall–Kier alpha value is -0.910. The van der Waals surface area contributed by atoms with Gasteiger partial charge < -0.3 is 5.73 Å². The van der Waals surface area contributed by atoms with Crippen molar-refractivity contribution in [1.82, 2.24) is 4.72 Å².